The first-order valence-corrected chi connectivity index (χ1v) is 17.9. The molecular formula is C40H38BrCl2N7O6. The number of benzene rings is 2. The number of halogens is 3. The molecule has 1 aliphatic heterocycles. The van der Waals surface area contributed by atoms with Crippen LogP contribution in [0.4, 0.5) is 11.6 Å². The predicted octanol–water partition coefficient (Wildman–Crippen LogP) is 4.29. The Morgan fingerprint density at radius 3 is 2.41 bits per heavy atom. The lowest BCUT2D eigenvalue weighted by Crippen LogP contribution is -3.00. The lowest BCUT2D eigenvalue weighted by molar-refractivity contribution is -0.880. The lowest BCUT2D eigenvalue weighted by Gasteiger charge is -2.28. The van der Waals surface area contributed by atoms with Crippen molar-refractivity contribution in [2.75, 3.05) is 46.7 Å². The van der Waals surface area contributed by atoms with Crippen molar-refractivity contribution in [3.63, 3.8) is 0 Å². The second kappa shape index (κ2) is 18.0. The Morgan fingerprint density at radius 1 is 1.00 bits per heavy atom. The van der Waals surface area contributed by atoms with Gasteiger partial charge in [-0.1, -0.05) is 58.5 Å². The van der Waals surface area contributed by atoms with Gasteiger partial charge in [0.1, 0.15) is 35.9 Å². The van der Waals surface area contributed by atoms with E-state index in [2.05, 4.69) is 20.3 Å². The Labute approximate surface area is 343 Å². The van der Waals surface area contributed by atoms with Gasteiger partial charge in [-0.15, -0.1) is 0 Å². The van der Waals surface area contributed by atoms with Crippen molar-refractivity contribution < 1.29 is 40.7 Å². The molecule has 1 N–H and O–H groups in total. The van der Waals surface area contributed by atoms with Crippen molar-refractivity contribution in [3.05, 3.63) is 138 Å². The Hall–Kier alpha value is -5.41. The Kier molecular flexibility index (Phi) is 13.4. The van der Waals surface area contributed by atoms with Crippen LogP contribution < -0.4 is 37.3 Å². The molecule has 0 saturated heterocycles. The maximum atomic E-state index is 14.6. The van der Waals surface area contributed by atoms with Gasteiger partial charge in [0.2, 0.25) is 0 Å². The average Bonchev–Trinajstić information content (AvgIpc) is 3.62. The van der Waals surface area contributed by atoms with Gasteiger partial charge < -0.3 is 50.9 Å². The van der Waals surface area contributed by atoms with E-state index in [4.69, 9.17) is 32.7 Å². The molecule has 2 aromatic carbocycles. The van der Waals surface area contributed by atoms with Crippen molar-refractivity contribution in [1.29, 1.82) is 0 Å². The van der Waals surface area contributed by atoms with Crippen molar-refractivity contribution in [2.45, 2.75) is 19.4 Å². The van der Waals surface area contributed by atoms with Crippen molar-refractivity contribution in [3.8, 4) is 22.6 Å². The van der Waals surface area contributed by atoms with Gasteiger partial charge in [0.15, 0.2) is 5.78 Å². The van der Waals surface area contributed by atoms with Crippen LogP contribution in [0.2, 0.25) is 10.0 Å². The number of quaternary nitrogens is 1. The highest BCUT2D eigenvalue weighted by Crippen LogP contribution is 2.45. The van der Waals surface area contributed by atoms with Gasteiger partial charge in [0, 0.05) is 48.3 Å². The minimum Gasteiger partial charge on any atom is -1.00 e. The summed E-state index contributed by atoms with van der Waals surface area (Å²) in [6.45, 7) is 1.07. The van der Waals surface area contributed by atoms with Gasteiger partial charge in [-0.2, -0.15) is 0 Å². The molecular weight excluding hydrogens is 825 g/mol. The molecule has 4 heterocycles. The minimum atomic E-state index is -0.458. The molecule has 0 spiro atoms. The number of anilines is 2. The summed E-state index contributed by atoms with van der Waals surface area (Å²) < 4.78 is 13.0. The van der Waals surface area contributed by atoms with Crippen LogP contribution in [-0.2, 0) is 17.8 Å². The Balaban J connectivity index is 0.00000600. The standard InChI is InChI=1S/C40H37Cl2N7O6.BrH/c1-49(2,24-27-13-15-44-39(27)48(52)53)16-8-11-29(50)18-25-9-7-10-26(17-25)23-47-31-20-35(46-34-12-5-6-14-43-34)45-22-28(31)19-30(40(47)51)36-37(41)32(54-3)21-33(55-4)38(36)42;/h5-12,14-15,17,19-22H,13,16,18,23-24H2,1-4H3;1H/b11-8+;. The summed E-state index contributed by atoms with van der Waals surface area (Å²) in [7, 11) is 6.82. The fourth-order valence-electron chi connectivity index (χ4n) is 6.43. The molecule has 56 heavy (non-hydrogen) atoms. The zero-order valence-electron chi connectivity index (χ0n) is 31.0. The summed E-state index contributed by atoms with van der Waals surface area (Å²) in [5, 5.41) is 15.5. The van der Waals surface area contributed by atoms with E-state index in [0.717, 1.165) is 11.1 Å². The van der Waals surface area contributed by atoms with Crippen LogP contribution in [0.25, 0.3) is 22.0 Å². The van der Waals surface area contributed by atoms with Crippen LogP contribution in [0.1, 0.15) is 17.5 Å². The Morgan fingerprint density at radius 2 is 1.73 bits per heavy atom. The first-order valence-electron chi connectivity index (χ1n) is 17.2. The summed E-state index contributed by atoms with van der Waals surface area (Å²) in [6.07, 6.45) is 8.78. The molecule has 0 radical (unpaired) electrons. The number of nitrogens with zero attached hydrogens (tertiary/aromatic N) is 6. The number of fused-ring (bicyclic) bond motifs is 1. The number of ether oxygens (including phenoxy) is 2. The van der Waals surface area contributed by atoms with E-state index in [1.165, 1.54) is 14.2 Å². The highest BCUT2D eigenvalue weighted by molar-refractivity contribution is 6.41. The fraction of sp³-hybridized carbons (Fsp3) is 0.225. The number of hydrogen-bond acceptors (Lipinski definition) is 10. The third-order valence-corrected chi connectivity index (χ3v) is 9.77. The number of nitro groups is 1. The first-order chi connectivity index (χ1) is 26.4. The number of pyridine rings is 3. The summed E-state index contributed by atoms with van der Waals surface area (Å²) >= 11 is 13.6. The van der Waals surface area contributed by atoms with Crippen LogP contribution in [0.5, 0.6) is 11.5 Å². The van der Waals surface area contributed by atoms with Crippen LogP contribution in [0.15, 0.2) is 106 Å². The fourth-order valence-corrected chi connectivity index (χ4v) is 7.14. The zero-order valence-corrected chi connectivity index (χ0v) is 34.1. The summed E-state index contributed by atoms with van der Waals surface area (Å²) in [4.78, 5) is 51.4. The molecule has 0 aliphatic carbocycles. The summed E-state index contributed by atoms with van der Waals surface area (Å²) in [5.74, 6) is 1.43. The molecule has 6 rings (SSSR count). The molecule has 3 aromatic heterocycles. The van der Waals surface area contributed by atoms with E-state index in [1.54, 1.807) is 53.5 Å². The molecule has 0 bridgehead atoms. The van der Waals surface area contributed by atoms with Crippen LogP contribution in [0.3, 0.4) is 0 Å². The molecule has 0 fully saturated rings. The van der Waals surface area contributed by atoms with Crippen LogP contribution in [0, 0.1) is 10.1 Å². The smallest absolute Gasteiger partial charge is 0.368 e. The van der Waals surface area contributed by atoms with Crippen molar-refractivity contribution in [1.82, 2.24) is 14.5 Å². The molecule has 290 valence electrons. The highest BCUT2D eigenvalue weighted by Gasteiger charge is 2.28. The number of rotatable bonds is 15. The average molecular weight is 864 g/mol. The molecule has 16 heteroatoms. The lowest BCUT2D eigenvalue weighted by atomic mass is 10.0. The maximum Gasteiger partial charge on any atom is 0.368 e. The van der Waals surface area contributed by atoms with E-state index < -0.39 is 4.92 Å². The van der Waals surface area contributed by atoms with E-state index in [1.807, 2.05) is 56.6 Å². The maximum absolute atomic E-state index is 14.6. The molecule has 0 amide bonds. The molecule has 0 saturated carbocycles. The van der Waals surface area contributed by atoms with E-state index in [0.29, 0.717) is 52.1 Å². The Bertz CT molecular complexity index is 2420. The summed E-state index contributed by atoms with van der Waals surface area (Å²) in [5.41, 5.74) is 2.89. The normalized spacial score (nSPS) is 12.6. The number of aromatic nitrogens is 3. The van der Waals surface area contributed by atoms with Crippen LogP contribution >= 0.6 is 23.2 Å². The van der Waals surface area contributed by atoms with Gasteiger partial charge >= 0.3 is 5.82 Å². The number of nitrogens with one attached hydrogen (secondary N) is 1. The first kappa shape index (κ1) is 41.7. The molecule has 1 aliphatic rings. The van der Waals surface area contributed by atoms with E-state index in [9.17, 15) is 19.7 Å². The second-order valence-electron chi connectivity index (χ2n) is 13.5. The van der Waals surface area contributed by atoms with Gasteiger partial charge in [-0.3, -0.25) is 9.59 Å². The number of allylic oxidation sites excluding steroid dienone is 1. The SMILES string of the molecule is COc1cc(OC)c(Cl)c(-c2cc3cnc(Nc4ccccn4)cc3n(Cc3cccc(CC(=O)/C=C/C[N+](C)(C)CC4=C([N+](=O)[O-])N=CC4)c3)c2=O)c1Cl.[Br-]. The number of ketones is 1. The number of methoxy groups -OCH3 is 2. The van der Waals surface area contributed by atoms with Crippen molar-refractivity contribution >= 4 is 57.7 Å². The van der Waals surface area contributed by atoms with Gasteiger partial charge in [-0.05, 0) is 46.4 Å². The number of carbonyl (C=O) groups excluding carboxylic acids is 1. The third kappa shape index (κ3) is 9.51. The minimum absolute atomic E-state index is 0. The number of carbonyl (C=O) groups is 1. The number of hydrogen-bond donors (Lipinski definition) is 1. The predicted molar refractivity (Wildman–Crippen MR) is 214 cm³/mol. The van der Waals surface area contributed by atoms with Crippen molar-refractivity contribution in [2.24, 2.45) is 4.99 Å². The van der Waals surface area contributed by atoms with Gasteiger partial charge in [-0.25, -0.2) is 9.97 Å². The zero-order chi connectivity index (χ0) is 39.3. The van der Waals surface area contributed by atoms with Gasteiger partial charge in [0.25, 0.3) is 5.56 Å². The van der Waals surface area contributed by atoms with E-state index in [-0.39, 0.29) is 79.8 Å². The number of aliphatic imine (C=N–C) groups is 1. The molecule has 5 aromatic rings. The van der Waals surface area contributed by atoms with E-state index >= 15 is 0 Å². The van der Waals surface area contributed by atoms with Crippen LogP contribution in [-0.4, -0.2) is 77.3 Å². The molecule has 0 atom stereocenters. The molecule has 0 unspecified atom stereocenters. The third-order valence-electron chi connectivity index (χ3n) is 9.02. The number of likely N-dealkylation sites (N-methyl/N-ethyl adjacent to an activating group) is 1. The topological polar surface area (TPSA) is 151 Å². The quantitative estimate of drug-likeness (QED) is 0.0705. The monoisotopic (exact) mass is 861 g/mol. The molecule has 13 nitrogen and oxygen atoms in total. The highest BCUT2D eigenvalue weighted by atomic mass is 79.9. The second-order valence-corrected chi connectivity index (χ2v) is 14.3. The summed E-state index contributed by atoms with van der Waals surface area (Å²) in [6, 6.07) is 18.0. The van der Waals surface area contributed by atoms with Gasteiger partial charge in [0.05, 0.1) is 68.1 Å². The largest absolute Gasteiger partial charge is 1.00 e.